The topological polar surface area (TPSA) is 46.2 Å². The average Bonchev–Trinajstić information content (AvgIpc) is 2.36. The summed E-state index contributed by atoms with van der Waals surface area (Å²) >= 11 is 0. The van der Waals surface area contributed by atoms with Gasteiger partial charge in [-0.25, -0.2) is 0 Å². The van der Waals surface area contributed by atoms with E-state index in [4.69, 9.17) is 5.73 Å². The molecule has 0 bridgehead atoms. The Kier molecular flexibility index (Phi) is 3.62. The number of aryl methyl sites for hydroxylation is 2. The molecule has 16 heavy (non-hydrogen) atoms. The number of aliphatic hydroxyl groups excluding tert-OH is 1. The summed E-state index contributed by atoms with van der Waals surface area (Å²) in [5, 5.41) is 9.76. The van der Waals surface area contributed by atoms with Crippen LogP contribution in [-0.2, 0) is 12.8 Å². The summed E-state index contributed by atoms with van der Waals surface area (Å²) < 4.78 is 0. The lowest BCUT2D eigenvalue weighted by Gasteiger charge is -2.21. The van der Waals surface area contributed by atoms with Crippen molar-refractivity contribution in [2.24, 2.45) is 5.73 Å². The van der Waals surface area contributed by atoms with Crippen molar-refractivity contribution in [3.8, 4) is 0 Å². The van der Waals surface area contributed by atoms with Crippen LogP contribution in [0.25, 0.3) is 0 Å². The summed E-state index contributed by atoms with van der Waals surface area (Å²) in [6, 6.07) is 6.63. The number of aliphatic hydroxyl groups is 1. The van der Waals surface area contributed by atoms with Crippen molar-refractivity contribution >= 4 is 0 Å². The van der Waals surface area contributed by atoms with Gasteiger partial charge in [-0.15, -0.1) is 0 Å². The summed E-state index contributed by atoms with van der Waals surface area (Å²) in [6.07, 6.45) is 4.58. The molecule has 2 nitrogen and oxygen atoms in total. The number of benzene rings is 1. The number of hydrogen-bond acceptors (Lipinski definition) is 2. The van der Waals surface area contributed by atoms with Gasteiger partial charge in [0.2, 0.25) is 0 Å². The van der Waals surface area contributed by atoms with Crippen LogP contribution in [-0.4, -0.2) is 17.8 Å². The van der Waals surface area contributed by atoms with E-state index < -0.39 is 6.10 Å². The molecule has 1 aliphatic carbocycles. The molecule has 0 fully saturated rings. The number of nitrogens with two attached hydrogens (primary N) is 1. The molecule has 0 radical (unpaired) electrons. The predicted molar refractivity (Wildman–Crippen MR) is 66.6 cm³/mol. The minimum atomic E-state index is -0.429. The van der Waals surface area contributed by atoms with Crippen molar-refractivity contribution in [1.29, 1.82) is 0 Å². The van der Waals surface area contributed by atoms with Crippen LogP contribution in [0.5, 0.6) is 0 Å². The molecule has 88 valence electrons. The van der Waals surface area contributed by atoms with Gasteiger partial charge in [-0.2, -0.15) is 0 Å². The Labute approximate surface area is 97.5 Å². The maximum atomic E-state index is 9.76. The zero-order valence-corrected chi connectivity index (χ0v) is 9.95. The molecule has 2 unspecified atom stereocenters. The lowest BCUT2D eigenvalue weighted by molar-refractivity contribution is 0.157. The number of hydrogen-bond donors (Lipinski definition) is 2. The maximum Gasteiger partial charge on any atom is 0.0728 e. The monoisotopic (exact) mass is 219 g/mol. The van der Waals surface area contributed by atoms with E-state index in [0.29, 0.717) is 6.54 Å². The van der Waals surface area contributed by atoms with Gasteiger partial charge >= 0.3 is 0 Å². The molecular weight excluding hydrogens is 198 g/mol. The molecule has 0 aromatic heterocycles. The zero-order valence-electron chi connectivity index (χ0n) is 9.95. The Morgan fingerprint density at radius 2 is 1.94 bits per heavy atom. The molecule has 1 aromatic rings. The van der Waals surface area contributed by atoms with E-state index in [1.165, 1.54) is 42.4 Å². The van der Waals surface area contributed by atoms with Gasteiger partial charge in [0.15, 0.2) is 0 Å². The summed E-state index contributed by atoms with van der Waals surface area (Å²) in [5.74, 6) is 0.136. The first kappa shape index (κ1) is 11.6. The minimum Gasteiger partial charge on any atom is -0.391 e. The quantitative estimate of drug-likeness (QED) is 0.816. The second-order valence-corrected chi connectivity index (χ2v) is 4.83. The van der Waals surface area contributed by atoms with Crippen molar-refractivity contribution in [3.05, 3.63) is 34.9 Å². The molecule has 0 heterocycles. The molecule has 0 aliphatic heterocycles. The smallest absolute Gasteiger partial charge is 0.0728 e. The third-order valence-corrected chi connectivity index (χ3v) is 3.72. The van der Waals surface area contributed by atoms with Crippen LogP contribution < -0.4 is 5.73 Å². The Bertz CT molecular complexity index is 362. The summed E-state index contributed by atoms with van der Waals surface area (Å²) in [5.41, 5.74) is 9.68. The van der Waals surface area contributed by atoms with Crippen LogP contribution in [0.4, 0.5) is 0 Å². The van der Waals surface area contributed by atoms with Gasteiger partial charge in [0.25, 0.3) is 0 Å². The van der Waals surface area contributed by atoms with E-state index in [1.807, 2.05) is 6.92 Å². The molecule has 0 saturated heterocycles. The zero-order chi connectivity index (χ0) is 11.5. The molecule has 0 spiro atoms. The fourth-order valence-corrected chi connectivity index (χ4v) is 2.46. The summed E-state index contributed by atoms with van der Waals surface area (Å²) in [7, 11) is 0. The van der Waals surface area contributed by atoms with Crippen LogP contribution in [0, 0.1) is 0 Å². The first-order valence-corrected chi connectivity index (χ1v) is 6.22. The van der Waals surface area contributed by atoms with E-state index in [9.17, 15) is 5.11 Å². The third kappa shape index (κ3) is 2.28. The second kappa shape index (κ2) is 4.98. The van der Waals surface area contributed by atoms with Crippen LogP contribution in [0.1, 0.15) is 42.4 Å². The largest absolute Gasteiger partial charge is 0.391 e. The highest BCUT2D eigenvalue weighted by Crippen LogP contribution is 2.26. The van der Waals surface area contributed by atoms with Gasteiger partial charge in [-0.05, 0) is 42.4 Å². The van der Waals surface area contributed by atoms with Crippen LogP contribution in [0.3, 0.4) is 0 Å². The molecule has 1 aromatic carbocycles. The number of fused-ring (bicyclic) bond motifs is 1. The fourth-order valence-electron chi connectivity index (χ4n) is 2.46. The Morgan fingerprint density at radius 3 is 2.62 bits per heavy atom. The molecule has 0 saturated carbocycles. The summed E-state index contributed by atoms with van der Waals surface area (Å²) in [6.45, 7) is 2.38. The highest BCUT2D eigenvalue weighted by atomic mass is 16.3. The predicted octanol–water partition coefficient (Wildman–Crippen LogP) is 1.99. The highest BCUT2D eigenvalue weighted by molar-refractivity contribution is 5.35. The van der Waals surface area contributed by atoms with E-state index in [-0.39, 0.29) is 5.92 Å². The standard InChI is InChI=1S/C14H21NO/c1-10(14(16)9-15)12-7-6-11-4-2-3-5-13(11)8-12/h6-8,10,14,16H,2-5,9,15H2,1H3. The highest BCUT2D eigenvalue weighted by Gasteiger charge is 2.17. The normalized spacial score (nSPS) is 18.9. The molecular formula is C14H21NO. The molecule has 2 atom stereocenters. The van der Waals surface area contributed by atoms with Crippen molar-refractivity contribution in [1.82, 2.24) is 0 Å². The van der Waals surface area contributed by atoms with Crippen LogP contribution in [0.15, 0.2) is 18.2 Å². The fraction of sp³-hybridized carbons (Fsp3) is 0.571. The molecule has 0 amide bonds. The van der Waals surface area contributed by atoms with E-state index in [1.54, 1.807) is 0 Å². The van der Waals surface area contributed by atoms with Gasteiger partial charge in [0.1, 0.15) is 0 Å². The molecule has 2 rings (SSSR count). The molecule has 1 aliphatic rings. The van der Waals surface area contributed by atoms with Gasteiger partial charge in [0, 0.05) is 12.5 Å². The van der Waals surface area contributed by atoms with Gasteiger partial charge < -0.3 is 10.8 Å². The van der Waals surface area contributed by atoms with Gasteiger partial charge in [-0.1, -0.05) is 25.1 Å². The van der Waals surface area contributed by atoms with E-state index in [2.05, 4.69) is 18.2 Å². The van der Waals surface area contributed by atoms with Gasteiger partial charge in [0.05, 0.1) is 6.10 Å². The SMILES string of the molecule is CC(c1ccc2c(c1)CCCC2)C(O)CN. The Morgan fingerprint density at radius 1 is 1.25 bits per heavy atom. The third-order valence-electron chi connectivity index (χ3n) is 3.72. The van der Waals surface area contributed by atoms with Crippen molar-refractivity contribution in [2.75, 3.05) is 6.54 Å². The number of rotatable bonds is 3. The van der Waals surface area contributed by atoms with Gasteiger partial charge in [-0.3, -0.25) is 0 Å². The first-order valence-electron chi connectivity index (χ1n) is 6.22. The second-order valence-electron chi connectivity index (χ2n) is 4.83. The van der Waals surface area contributed by atoms with Crippen molar-refractivity contribution < 1.29 is 5.11 Å². The lowest BCUT2D eigenvalue weighted by Crippen LogP contribution is -2.25. The van der Waals surface area contributed by atoms with E-state index >= 15 is 0 Å². The first-order chi connectivity index (χ1) is 7.72. The average molecular weight is 219 g/mol. The minimum absolute atomic E-state index is 0.136. The Hall–Kier alpha value is -0.860. The molecule has 2 heteroatoms. The van der Waals surface area contributed by atoms with Crippen LogP contribution in [0.2, 0.25) is 0 Å². The molecule has 3 N–H and O–H groups in total. The van der Waals surface area contributed by atoms with E-state index in [0.717, 1.165) is 0 Å². The Balaban J connectivity index is 2.22. The maximum absolute atomic E-state index is 9.76. The lowest BCUT2D eigenvalue weighted by atomic mass is 9.86. The summed E-state index contributed by atoms with van der Waals surface area (Å²) in [4.78, 5) is 0. The van der Waals surface area contributed by atoms with Crippen molar-refractivity contribution in [2.45, 2.75) is 44.6 Å². The van der Waals surface area contributed by atoms with Crippen molar-refractivity contribution in [3.63, 3.8) is 0 Å². The van der Waals surface area contributed by atoms with Crippen LogP contribution >= 0.6 is 0 Å².